The maximum atomic E-state index is 12.8. The Hall–Kier alpha value is -1.00. The summed E-state index contributed by atoms with van der Waals surface area (Å²) in [5.74, 6) is -1.68. The van der Waals surface area contributed by atoms with Crippen LogP contribution >= 0.6 is 0 Å². The average molecular weight is 215 g/mol. The van der Waals surface area contributed by atoms with Crippen LogP contribution in [0.5, 0.6) is 0 Å². The SMILES string of the molecule is CC[C@H](CO)NCc1ccc(F)c(F)c1. The molecule has 0 spiro atoms. The number of nitrogens with one attached hydrogen (secondary N) is 1. The van der Waals surface area contributed by atoms with Crippen LogP contribution in [0, 0.1) is 11.6 Å². The number of halogens is 2. The molecule has 0 fully saturated rings. The number of aliphatic hydroxyl groups excluding tert-OH is 1. The van der Waals surface area contributed by atoms with Crippen molar-refractivity contribution in [1.29, 1.82) is 0 Å². The Balaban J connectivity index is 2.54. The zero-order chi connectivity index (χ0) is 11.3. The Morgan fingerprint density at radius 2 is 2.07 bits per heavy atom. The highest BCUT2D eigenvalue weighted by atomic mass is 19.2. The number of hydrogen-bond acceptors (Lipinski definition) is 2. The summed E-state index contributed by atoms with van der Waals surface area (Å²) in [6.07, 6.45) is 0.792. The van der Waals surface area contributed by atoms with E-state index >= 15 is 0 Å². The van der Waals surface area contributed by atoms with Gasteiger partial charge in [-0.25, -0.2) is 8.78 Å². The summed E-state index contributed by atoms with van der Waals surface area (Å²) < 4.78 is 25.4. The second-order valence-corrected chi connectivity index (χ2v) is 3.42. The normalized spacial score (nSPS) is 12.8. The number of hydrogen-bond donors (Lipinski definition) is 2. The van der Waals surface area contributed by atoms with E-state index in [2.05, 4.69) is 5.32 Å². The van der Waals surface area contributed by atoms with Crippen LogP contribution in [-0.4, -0.2) is 17.8 Å². The number of aliphatic hydroxyl groups is 1. The van der Waals surface area contributed by atoms with Crippen LogP contribution in [0.2, 0.25) is 0 Å². The molecule has 0 aliphatic carbocycles. The van der Waals surface area contributed by atoms with Gasteiger partial charge in [0.05, 0.1) is 6.61 Å². The zero-order valence-electron chi connectivity index (χ0n) is 8.63. The van der Waals surface area contributed by atoms with Gasteiger partial charge in [-0.2, -0.15) is 0 Å². The average Bonchev–Trinajstić information content (AvgIpc) is 2.24. The topological polar surface area (TPSA) is 32.3 Å². The van der Waals surface area contributed by atoms with Gasteiger partial charge in [0.15, 0.2) is 11.6 Å². The lowest BCUT2D eigenvalue weighted by molar-refractivity contribution is 0.238. The molecule has 0 aliphatic rings. The van der Waals surface area contributed by atoms with E-state index in [0.29, 0.717) is 12.1 Å². The molecule has 0 aliphatic heterocycles. The van der Waals surface area contributed by atoms with Gasteiger partial charge in [-0.15, -0.1) is 0 Å². The van der Waals surface area contributed by atoms with E-state index in [9.17, 15) is 8.78 Å². The number of rotatable bonds is 5. The molecule has 1 aromatic carbocycles. The van der Waals surface area contributed by atoms with E-state index in [1.807, 2.05) is 6.92 Å². The Kier molecular flexibility index (Phi) is 4.65. The maximum Gasteiger partial charge on any atom is 0.159 e. The molecule has 2 N–H and O–H groups in total. The highest BCUT2D eigenvalue weighted by Crippen LogP contribution is 2.08. The van der Waals surface area contributed by atoms with Crippen molar-refractivity contribution in [3.05, 3.63) is 35.4 Å². The second kappa shape index (κ2) is 5.78. The molecule has 0 aromatic heterocycles. The van der Waals surface area contributed by atoms with E-state index < -0.39 is 11.6 Å². The first-order chi connectivity index (χ1) is 7.17. The summed E-state index contributed by atoms with van der Waals surface area (Å²) in [6.45, 7) is 2.41. The van der Waals surface area contributed by atoms with Gasteiger partial charge in [0.25, 0.3) is 0 Å². The van der Waals surface area contributed by atoms with Gasteiger partial charge < -0.3 is 10.4 Å². The molecule has 0 unspecified atom stereocenters. The van der Waals surface area contributed by atoms with Crippen LogP contribution in [-0.2, 0) is 6.54 Å². The first-order valence-corrected chi connectivity index (χ1v) is 4.95. The highest BCUT2D eigenvalue weighted by Gasteiger charge is 2.05. The molecule has 1 aromatic rings. The minimum atomic E-state index is -0.841. The lowest BCUT2D eigenvalue weighted by Gasteiger charge is -2.13. The third-order valence-corrected chi connectivity index (χ3v) is 2.29. The van der Waals surface area contributed by atoms with Crippen molar-refractivity contribution in [2.75, 3.05) is 6.61 Å². The Morgan fingerprint density at radius 3 is 2.60 bits per heavy atom. The molecule has 2 nitrogen and oxygen atoms in total. The van der Waals surface area contributed by atoms with Crippen molar-refractivity contribution in [3.63, 3.8) is 0 Å². The molecule has 0 saturated carbocycles. The van der Waals surface area contributed by atoms with Crippen molar-refractivity contribution in [1.82, 2.24) is 5.32 Å². The van der Waals surface area contributed by atoms with Crippen LogP contribution in [0.1, 0.15) is 18.9 Å². The molecule has 0 amide bonds. The first kappa shape index (κ1) is 12.1. The molecular formula is C11H15F2NO. The van der Waals surface area contributed by atoms with Gasteiger partial charge in [-0.1, -0.05) is 13.0 Å². The second-order valence-electron chi connectivity index (χ2n) is 3.42. The lowest BCUT2D eigenvalue weighted by Crippen LogP contribution is -2.31. The number of benzene rings is 1. The van der Waals surface area contributed by atoms with E-state index in [-0.39, 0.29) is 12.6 Å². The molecule has 1 atom stereocenters. The van der Waals surface area contributed by atoms with Gasteiger partial charge in [0.2, 0.25) is 0 Å². The van der Waals surface area contributed by atoms with Crippen LogP contribution in [0.15, 0.2) is 18.2 Å². The van der Waals surface area contributed by atoms with E-state index in [1.54, 1.807) is 0 Å². The van der Waals surface area contributed by atoms with E-state index in [0.717, 1.165) is 18.6 Å². The fraction of sp³-hybridized carbons (Fsp3) is 0.455. The molecule has 15 heavy (non-hydrogen) atoms. The first-order valence-electron chi connectivity index (χ1n) is 4.95. The summed E-state index contributed by atoms with van der Waals surface area (Å²) >= 11 is 0. The van der Waals surface area contributed by atoms with Crippen LogP contribution in [0.25, 0.3) is 0 Å². The molecular weight excluding hydrogens is 200 g/mol. The van der Waals surface area contributed by atoms with Crippen molar-refractivity contribution < 1.29 is 13.9 Å². The predicted molar refractivity (Wildman–Crippen MR) is 54.4 cm³/mol. The minimum absolute atomic E-state index is 0.00175. The fourth-order valence-corrected chi connectivity index (χ4v) is 1.25. The highest BCUT2D eigenvalue weighted by molar-refractivity contribution is 5.17. The molecule has 0 saturated heterocycles. The Bertz CT molecular complexity index is 313. The standard InChI is InChI=1S/C11H15F2NO/c1-2-9(7-15)14-6-8-3-4-10(12)11(13)5-8/h3-5,9,14-15H,2,6-7H2,1H3/t9-/m1/s1. The summed E-state index contributed by atoms with van der Waals surface area (Å²) in [4.78, 5) is 0. The van der Waals surface area contributed by atoms with Crippen LogP contribution in [0.4, 0.5) is 8.78 Å². The van der Waals surface area contributed by atoms with Crippen LogP contribution in [0.3, 0.4) is 0 Å². The fourth-order valence-electron chi connectivity index (χ4n) is 1.25. The summed E-state index contributed by atoms with van der Waals surface area (Å²) in [5, 5.41) is 11.9. The zero-order valence-corrected chi connectivity index (χ0v) is 8.63. The quantitative estimate of drug-likeness (QED) is 0.785. The van der Waals surface area contributed by atoms with Gasteiger partial charge in [0.1, 0.15) is 0 Å². The third-order valence-electron chi connectivity index (χ3n) is 2.29. The van der Waals surface area contributed by atoms with Gasteiger partial charge in [0, 0.05) is 12.6 Å². The maximum absolute atomic E-state index is 12.8. The van der Waals surface area contributed by atoms with E-state index in [4.69, 9.17) is 5.11 Å². The molecule has 0 radical (unpaired) electrons. The Morgan fingerprint density at radius 1 is 1.33 bits per heavy atom. The van der Waals surface area contributed by atoms with Crippen molar-refractivity contribution >= 4 is 0 Å². The molecule has 0 bridgehead atoms. The van der Waals surface area contributed by atoms with Crippen molar-refractivity contribution in [2.45, 2.75) is 25.9 Å². The van der Waals surface area contributed by atoms with Gasteiger partial charge in [-0.3, -0.25) is 0 Å². The minimum Gasteiger partial charge on any atom is -0.395 e. The largest absolute Gasteiger partial charge is 0.395 e. The summed E-state index contributed by atoms with van der Waals surface area (Å²) in [5.41, 5.74) is 0.667. The third kappa shape index (κ3) is 3.57. The smallest absolute Gasteiger partial charge is 0.159 e. The predicted octanol–water partition coefficient (Wildman–Crippen LogP) is 1.83. The lowest BCUT2D eigenvalue weighted by atomic mass is 10.2. The van der Waals surface area contributed by atoms with Crippen molar-refractivity contribution in [3.8, 4) is 0 Å². The van der Waals surface area contributed by atoms with Gasteiger partial charge in [-0.05, 0) is 24.1 Å². The van der Waals surface area contributed by atoms with E-state index in [1.165, 1.54) is 6.07 Å². The molecule has 84 valence electrons. The molecule has 4 heteroatoms. The van der Waals surface area contributed by atoms with Gasteiger partial charge >= 0.3 is 0 Å². The molecule has 1 rings (SSSR count). The Labute approximate surface area is 87.9 Å². The summed E-state index contributed by atoms with van der Waals surface area (Å²) in [6, 6.07) is 3.78. The summed E-state index contributed by atoms with van der Waals surface area (Å²) in [7, 11) is 0. The van der Waals surface area contributed by atoms with Crippen LogP contribution < -0.4 is 5.32 Å². The molecule has 0 heterocycles. The van der Waals surface area contributed by atoms with Crippen molar-refractivity contribution in [2.24, 2.45) is 0 Å². The monoisotopic (exact) mass is 215 g/mol.